The first kappa shape index (κ1) is 16.4. The lowest BCUT2D eigenvalue weighted by molar-refractivity contribution is 0.195. The fraction of sp³-hybridized carbons (Fsp3) is 1.00. The summed E-state index contributed by atoms with van der Waals surface area (Å²) in [4.78, 5) is 0. The van der Waals surface area contributed by atoms with Gasteiger partial charge in [0.25, 0.3) is 0 Å². The Labute approximate surface area is 118 Å². The standard InChI is InChI=1S/C14H28O2Si.H4Si/c1-12-7-6-10-14(11-12)17(15-2,16-3)13-8-4-5-9-13;/h12-14H,4-11H2,1-3H3;1H4. The summed E-state index contributed by atoms with van der Waals surface area (Å²) in [6, 6.07) is 0. The molecule has 2 atom stereocenters. The van der Waals surface area contributed by atoms with E-state index in [1.54, 1.807) is 0 Å². The van der Waals surface area contributed by atoms with Crippen molar-refractivity contribution in [3.8, 4) is 0 Å². The lowest BCUT2D eigenvalue weighted by Gasteiger charge is -2.42. The molecular formula is C14H32O2Si2. The maximum Gasteiger partial charge on any atom is 0.344 e. The third-order valence-corrected chi connectivity index (χ3v) is 9.72. The van der Waals surface area contributed by atoms with Crippen molar-refractivity contribution in [2.24, 2.45) is 5.92 Å². The fourth-order valence-corrected chi connectivity index (χ4v) is 8.93. The Bertz CT molecular complexity index is 238. The van der Waals surface area contributed by atoms with Crippen molar-refractivity contribution in [1.82, 2.24) is 0 Å². The molecule has 4 heteroatoms. The molecule has 0 N–H and O–H groups in total. The fourth-order valence-electron chi connectivity index (χ4n) is 4.21. The maximum atomic E-state index is 6.08. The third-order valence-electron chi connectivity index (χ3n) is 5.07. The van der Waals surface area contributed by atoms with Gasteiger partial charge in [0.15, 0.2) is 0 Å². The van der Waals surface area contributed by atoms with Crippen molar-refractivity contribution in [3.05, 3.63) is 0 Å². The molecule has 0 amide bonds. The van der Waals surface area contributed by atoms with Gasteiger partial charge < -0.3 is 8.85 Å². The van der Waals surface area contributed by atoms with E-state index < -0.39 is 8.56 Å². The minimum atomic E-state index is -1.95. The van der Waals surface area contributed by atoms with E-state index in [-0.39, 0.29) is 11.0 Å². The van der Waals surface area contributed by atoms with E-state index in [4.69, 9.17) is 8.85 Å². The van der Waals surface area contributed by atoms with Crippen LogP contribution >= 0.6 is 0 Å². The van der Waals surface area contributed by atoms with Crippen molar-refractivity contribution < 1.29 is 8.85 Å². The summed E-state index contributed by atoms with van der Waals surface area (Å²) in [6.07, 6.45) is 10.9. The van der Waals surface area contributed by atoms with E-state index >= 15 is 0 Å². The van der Waals surface area contributed by atoms with E-state index in [1.807, 2.05) is 14.2 Å². The largest absolute Gasteiger partial charge is 0.397 e. The molecule has 0 bridgehead atoms. The SMILES string of the molecule is CO[Si](OC)(C1CCCC1)C1CCCC(C)C1.[SiH4]. The smallest absolute Gasteiger partial charge is 0.344 e. The van der Waals surface area contributed by atoms with E-state index in [0.29, 0.717) is 0 Å². The number of hydrogen-bond acceptors (Lipinski definition) is 2. The molecular weight excluding hydrogens is 256 g/mol. The minimum Gasteiger partial charge on any atom is -0.397 e. The Morgan fingerprint density at radius 1 is 0.833 bits per heavy atom. The van der Waals surface area contributed by atoms with Gasteiger partial charge >= 0.3 is 8.56 Å². The van der Waals surface area contributed by atoms with E-state index in [2.05, 4.69) is 6.92 Å². The predicted octanol–water partition coefficient (Wildman–Crippen LogP) is 2.79. The average molecular weight is 289 g/mol. The molecule has 2 unspecified atom stereocenters. The first-order chi connectivity index (χ1) is 8.23. The van der Waals surface area contributed by atoms with Gasteiger partial charge in [0, 0.05) is 25.3 Å². The quantitative estimate of drug-likeness (QED) is 0.741. The molecule has 2 aliphatic rings. The van der Waals surface area contributed by atoms with E-state index in [9.17, 15) is 0 Å². The van der Waals surface area contributed by atoms with Crippen LogP contribution in [0.3, 0.4) is 0 Å². The Balaban J connectivity index is 0.00000162. The van der Waals surface area contributed by atoms with Gasteiger partial charge in [-0.05, 0) is 42.6 Å². The van der Waals surface area contributed by atoms with Crippen molar-refractivity contribution >= 4 is 19.5 Å². The summed E-state index contributed by atoms with van der Waals surface area (Å²) < 4.78 is 12.2. The van der Waals surface area contributed by atoms with Crippen molar-refractivity contribution in [1.29, 1.82) is 0 Å². The van der Waals surface area contributed by atoms with Crippen LogP contribution in [0.4, 0.5) is 0 Å². The van der Waals surface area contributed by atoms with Crippen LogP contribution in [-0.4, -0.2) is 33.7 Å². The van der Waals surface area contributed by atoms with Crippen molar-refractivity contribution in [2.45, 2.75) is 69.4 Å². The zero-order chi connectivity index (χ0) is 12.3. The number of rotatable bonds is 4. The maximum absolute atomic E-state index is 6.08. The Morgan fingerprint density at radius 3 is 1.89 bits per heavy atom. The molecule has 0 saturated heterocycles. The topological polar surface area (TPSA) is 18.5 Å². The van der Waals surface area contributed by atoms with Crippen molar-refractivity contribution in [2.75, 3.05) is 14.2 Å². The van der Waals surface area contributed by atoms with Crippen molar-refractivity contribution in [3.63, 3.8) is 0 Å². The van der Waals surface area contributed by atoms with Crippen LogP contribution < -0.4 is 0 Å². The molecule has 0 radical (unpaired) electrons. The first-order valence-corrected chi connectivity index (χ1v) is 9.30. The molecule has 2 aliphatic carbocycles. The highest BCUT2D eigenvalue weighted by molar-refractivity contribution is 6.70. The summed E-state index contributed by atoms with van der Waals surface area (Å²) in [5, 5.41) is 0. The first-order valence-electron chi connectivity index (χ1n) is 7.33. The second kappa shape index (κ2) is 7.22. The molecule has 0 heterocycles. The molecule has 2 nitrogen and oxygen atoms in total. The third kappa shape index (κ3) is 3.08. The van der Waals surface area contributed by atoms with Gasteiger partial charge in [-0.3, -0.25) is 0 Å². The zero-order valence-corrected chi connectivity index (χ0v) is 12.7. The molecule has 0 aromatic heterocycles. The monoisotopic (exact) mass is 288 g/mol. The summed E-state index contributed by atoms with van der Waals surface area (Å²) >= 11 is 0. The van der Waals surface area contributed by atoms with Crippen LogP contribution in [-0.2, 0) is 8.85 Å². The molecule has 0 aromatic rings. The van der Waals surface area contributed by atoms with Crippen LogP contribution in [0.1, 0.15) is 58.3 Å². The molecule has 0 spiro atoms. The van der Waals surface area contributed by atoms with Crippen LogP contribution in [0.15, 0.2) is 0 Å². The normalized spacial score (nSPS) is 30.2. The summed E-state index contributed by atoms with van der Waals surface area (Å²) in [7, 11) is 1.87. The second-order valence-electron chi connectivity index (χ2n) is 6.08. The van der Waals surface area contributed by atoms with E-state index in [1.165, 1.54) is 51.4 Å². The highest BCUT2D eigenvalue weighted by Gasteiger charge is 2.52. The molecule has 108 valence electrons. The molecule has 2 saturated carbocycles. The number of hydrogen-bond donors (Lipinski definition) is 0. The molecule has 2 rings (SSSR count). The van der Waals surface area contributed by atoms with Crippen LogP contribution in [0.5, 0.6) is 0 Å². The molecule has 0 aliphatic heterocycles. The lowest BCUT2D eigenvalue weighted by Crippen LogP contribution is -2.50. The summed E-state index contributed by atoms with van der Waals surface area (Å²) in [5.41, 5.74) is 1.50. The Hall–Kier alpha value is 0.354. The van der Waals surface area contributed by atoms with Gasteiger partial charge in [0.1, 0.15) is 0 Å². The van der Waals surface area contributed by atoms with E-state index in [0.717, 1.165) is 17.0 Å². The van der Waals surface area contributed by atoms with Crippen LogP contribution in [0.25, 0.3) is 0 Å². The molecule has 18 heavy (non-hydrogen) atoms. The van der Waals surface area contributed by atoms with Gasteiger partial charge in [-0.2, -0.15) is 0 Å². The minimum absolute atomic E-state index is 0. The lowest BCUT2D eigenvalue weighted by atomic mass is 9.90. The van der Waals surface area contributed by atoms with Gasteiger partial charge in [0.2, 0.25) is 0 Å². The zero-order valence-electron chi connectivity index (χ0n) is 11.7. The Morgan fingerprint density at radius 2 is 1.39 bits per heavy atom. The Kier molecular flexibility index (Phi) is 6.58. The predicted molar refractivity (Wildman–Crippen MR) is 84.7 cm³/mol. The summed E-state index contributed by atoms with van der Waals surface area (Å²) in [5.74, 6) is 0.868. The average Bonchev–Trinajstić information content (AvgIpc) is 2.86. The molecule has 0 aromatic carbocycles. The van der Waals surface area contributed by atoms with Gasteiger partial charge in [-0.1, -0.05) is 32.6 Å². The van der Waals surface area contributed by atoms with Crippen LogP contribution in [0.2, 0.25) is 11.1 Å². The second-order valence-corrected chi connectivity index (χ2v) is 9.97. The van der Waals surface area contributed by atoms with Crippen LogP contribution in [0, 0.1) is 5.92 Å². The summed E-state index contributed by atoms with van der Waals surface area (Å²) in [6.45, 7) is 2.39. The molecule has 2 fully saturated rings. The highest BCUT2D eigenvalue weighted by atomic mass is 28.4. The van der Waals surface area contributed by atoms with Gasteiger partial charge in [0.05, 0.1) is 0 Å². The highest BCUT2D eigenvalue weighted by Crippen LogP contribution is 2.50. The van der Waals surface area contributed by atoms with Gasteiger partial charge in [-0.25, -0.2) is 0 Å². The van der Waals surface area contributed by atoms with Gasteiger partial charge in [-0.15, -0.1) is 0 Å².